The summed E-state index contributed by atoms with van der Waals surface area (Å²) in [6.07, 6.45) is 0. The van der Waals surface area contributed by atoms with Gasteiger partial charge in [-0.05, 0) is 113 Å². The highest BCUT2D eigenvalue weighted by atomic mass is 127. The van der Waals surface area contributed by atoms with E-state index in [1.165, 1.54) is 38.5 Å². The molecule has 45 heavy (non-hydrogen) atoms. The summed E-state index contributed by atoms with van der Waals surface area (Å²) in [5, 5.41) is 9.56. The van der Waals surface area contributed by atoms with Crippen molar-refractivity contribution >= 4 is 63.0 Å². The lowest BCUT2D eigenvalue weighted by atomic mass is 10.1. The molecule has 0 unspecified atom stereocenters. The number of halogens is 3. The summed E-state index contributed by atoms with van der Waals surface area (Å²) in [5.41, 5.74) is 5.44. The van der Waals surface area contributed by atoms with Gasteiger partial charge in [-0.25, -0.2) is 18.4 Å². The average molecular weight is 722 g/mol. The molecular formula is C35H30F2IN3O4. The Hall–Kier alpha value is -4.97. The molecule has 230 valence electrons. The van der Waals surface area contributed by atoms with Crippen LogP contribution in [0.5, 0.6) is 0 Å². The summed E-state index contributed by atoms with van der Waals surface area (Å²) in [6, 6.07) is 32.6. The van der Waals surface area contributed by atoms with E-state index in [4.69, 9.17) is 9.47 Å². The fraction of sp³-hybridized carbons (Fsp3) is 0.0857. The summed E-state index contributed by atoms with van der Waals surface area (Å²) in [5.74, 6) is -1.48. The molecule has 3 N–H and O–H groups in total. The molecule has 0 aliphatic rings. The molecule has 0 aromatic heterocycles. The normalized spacial score (nSPS) is 10.2. The maximum absolute atomic E-state index is 13.1. The highest BCUT2D eigenvalue weighted by Gasteiger charge is 2.14. The van der Waals surface area contributed by atoms with Gasteiger partial charge in [-0.1, -0.05) is 30.3 Å². The Bertz CT molecular complexity index is 1740. The lowest BCUT2D eigenvalue weighted by Gasteiger charge is -2.14. The number of anilines is 5. The van der Waals surface area contributed by atoms with Gasteiger partial charge in [-0.15, -0.1) is 0 Å². The molecule has 7 nitrogen and oxygen atoms in total. The van der Waals surface area contributed by atoms with Gasteiger partial charge in [0, 0.05) is 27.2 Å². The van der Waals surface area contributed by atoms with Crippen molar-refractivity contribution in [3.63, 3.8) is 0 Å². The highest BCUT2D eigenvalue weighted by Crippen LogP contribution is 2.27. The first-order chi connectivity index (χ1) is 21.7. The number of ether oxygens (including phenoxy) is 2. The van der Waals surface area contributed by atoms with E-state index in [9.17, 15) is 18.4 Å². The van der Waals surface area contributed by atoms with Gasteiger partial charge in [0.15, 0.2) is 0 Å². The predicted octanol–water partition coefficient (Wildman–Crippen LogP) is 8.93. The second-order valence-corrected chi connectivity index (χ2v) is 10.8. The molecule has 5 aromatic carbocycles. The number of rotatable bonds is 9. The van der Waals surface area contributed by atoms with Crippen molar-refractivity contribution < 1.29 is 27.8 Å². The Morgan fingerprint density at radius 1 is 0.622 bits per heavy atom. The van der Waals surface area contributed by atoms with Crippen LogP contribution in [0.1, 0.15) is 26.3 Å². The van der Waals surface area contributed by atoms with Crippen molar-refractivity contribution in [2.24, 2.45) is 0 Å². The lowest BCUT2D eigenvalue weighted by Crippen LogP contribution is -2.07. The fourth-order valence-corrected chi connectivity index (χ4v) is 4.62. The van der Waals surface area contributed by atoms with Crippen LogP contribution in [-0.4, -0.2) is 26.2 Å². The number of methoxy groups -OCH3 is 2. The van der Waals surface area contributed by atoms with Crippen LogP contribution in [0.15, 0.2) is 115 Å². The van der Waals surface area contributed by atoms with Crippen LogP contribution >= 0.6 is 22.6 Å². The first-order valence-corrected chi connectivity index (χ1v) is 14.8. The Morgan fingerprint density at radius 2 is 1.09 bits per heavy atom. The van der Waals surface area contributed by atoms with Gasteiger partial charge in [-0.3, -0.25) is 0 Å². The summed E-state index contributed by atoms with van der Waals surface area (Å²) in [4.78, 5) is 23.7. The Kier molecular flexibility index (Phi) is 11.9. The van der Waals surface area contributed by atoms with E-state index < -0.39 is 11.9 Å². The Balaban J connectivity index is 0.000000215. The smallest absolute Gasteiger partial charge is 0.339 e. The largest absolute Gasteiger partial charge is 0.465 e. The zero-order chi connectivity index (χ0) is 32.2. The molecule has 0 heterocycles. The van der Waals surface area contributed by atoms with Gasteiger partial charge in [0.25, 0.3) is 0 Å². The molecule has 5 aromatic rings. The number of hydrogen-bond donors (Lipinski definition) is 3. The molecule has 0 atom stereocenters. The zero-order valence-corrected chi connectivity index (χ0v) is 26.6. The molecule has 0 saturated heterocycles. The third-order valence-corrected chi connectivity index (χ3v) is 7.07. The minimum Gasteiger partial charge on any atom is -0.465 e. The first kappa shape index (κ1) is 32.9. The quantitative estimate of drug-likeness (QED) is 0.104. The van der Waals surface area contributed by atoms with Gasteiger partial charge >= 0.3 is 11.9 Å². The maximum Gasteiger partial charge on any atom is 0.339 e. The van der Waals surface area contributed by atoms with Crippen molar-refractivity contribution in [2.45, 2.75) is 6.54 Å². The van der Waals surface area contributed by atoms with Gasteiger partial charge in [0.1, 0.15) is 11.6 Å². The second-order valence-electron chi connectivity index (χ2n) is 9.54. The molecule has 0 spiro atoms. The Labute approximate surface area is 273 Å². The van der Waals surface area contributed by atoms with Crippen LogP contribution in [0.4, 0.5) is 37.2 Å². The van der Waals surface area contributed by atoms with Gasteiger partial charge in [-0.2, -0.15) is 0 Å². The number of carbonyl (C=O) groups excluding carboxylic acids is 2. The summed E-state index contributed by atoms with van der Waals surface area (Å²) in [7, 11) is 2.67. The summed E-state index contributed by atoms with van der Waals surface area (Å²) < 4.78 is 36.5. The van der Waals surface area contributed by atoms with Crippen LogP contribution in [0, 0.1) is 15.2 Å². The van der Waals surface area contributed by atoms with E-state index >= 15 is 0 Å². The number of esters is 2. The van der Waals surface area contributed by atoms with Crippen molar-refractivity contribution in [3.8, 4) is 0 Å². The third-order valence-electron chi connectivity index (χ3n) is 6.40. The van der Waals surface area contributed by atoms with E-state index in [0.29, 0.717) is 40.4 Å². The maximum atomic E-state index is 13.1. The van der Waals surface area contributed by atoms with Gasteiger partial charge < -0.3 is 25.4 Å². The molecule has 0 radical (unpaired) electrons. The lowest BCUT2D eigenvalue weighted by molar-refractivity contribution is 0.0593. The third kappa shape index (κ3) is 9.77. The molecule has 5 rings (SSSR count). The zero-order valence-electron chi connectivity index (χ0n) is 24.4. The monoisotopic (exact) mass is 721 g/mol. The summed E-state index contributed by atoms with van der Waals surface area (Å²) in [6.45, 7) is 0.661. The van der Waals surface area contributed by atoms with Crippen molar-refractivity contribution in [2.75, 3.05) is 30.2 Å². The molecule has 0 bridgehead atoms. The van der Waals surface area contributed by atoms with Crippen LogP contribution in [0.2, 0.25) is 0 Å². The summed E-state index contributed by atoms with van der Waals surface area (Å²) >= 11 is 2.15. The van der Waals surface area contributed by atoms with Crippen molar-refractivity contribution in [1.82, 2.24) is 0 Å². The van der Waals surface area contributed by atoms with Crippen molar-refractivity contribution in [1.29, 1.82) is 0 Å². The highest BCUT2D eigenvalue weighted by molar-refractivity contribution is 14.1. The SMILES string of the molecule is COC(=O)c1ccc(I)cc1Nc1ccc(F)cc1.COC(=O)c1ccc(NCc2ccccc2)cc1Nc1ccc(F)cc1. The molecule has 0 aliphatic heterocycles. The first-order valence-electron chi connectivity index (χ1n) is 13.7. The van der Waals surface area contributed by atoms with Crippen LogP contribution in [0.3, 0.4) is 0 Å². The predicted molar refractivity (Wildman–Crippen MR) is 181 cm³/mol. The molecule has 0 aliphatic carbocycles. The molecule has 0 saturated carbocycles. The van der Waals surface area contributed by atoms with Gasteiger partial charge in [0.05, 0.1) is 36.7 Å². The molecule has 0 fully saturated rings. The van der Waals surface area contributed by atoms with Crippen LogP contribution in [0.25, 0.3) is 0 Å². The second kappa shape index (κ2) is 16.2. The van der Waals surface area contributed by atoms with E-state index in [-0.39, 0.29) is 11.6 Å². The van der Waals surface area contributed by atoms with Crippen molar-refractivity contribution in [3.05, 3.63) is 147 Å². The molecule has 10 heteroatoms. The number of nitrogens with one attached hydrogen (secondary N) is 3. The molecular weight excluding hydrogens is 691 g/mol. The van der Waals surface area contributed by atoms with E-state index in [1.54, 1.807) is 36.4 Å². The van der Waals surface area contributed by atoms with Crippen LogP contribution in [-0.2, 0) is 16.0 Å². The number of hydrogen-bond acceptors (Lipinski definition) is 7. The minimum atomic E-state index is -0.441. The molecule has 0 amide bonds. The number of carbonyl (C=O) groups is 2. The Morgan fingerprint density at radius 3 is 1.60 bits per heavy atom. The van der Waals surface area contributed by atoms with E-state index in [0.717, 1.165) is 14.8 Å². The number of benzene rings is 5. The van der Waals surface area contributed by atoms with Gasteiger partial charge in [0.2, 0.25) is 0 Å². The van der Waals surface area contributed by atoms with E-state index in [1.807, 2.05) is 54.6 Å². The van der Waals surface area contributed by atoms with E-state index in [2.05, 4.69) is 38.5 Å². The average Bonchev–Trinajstić information content (AvgIpc) is 3.06. The minimum absolute atomic E-state index is 0.304. The van der Waals surface area contributed by atoms with Crippen LogP contribution < -0.4 is 16.0 Å². The fourth-order valence-electron chi connectivity index (χ4n) is 4.13. The standard InChI is InChI=1S/C21H19FN2O2.C14H11FINO2/c1-26-21(25)19-12-11-18(23-14-15-5-3-2-4-6-15)13-20(19)24-17-9-7-16(22)8-10-17;1-19-14(18)12-7-4-10(16)8-13(12)17-11-5-2-9(15)3-6-11/h2-13,23-24H,14H2,1H3;2-8,17H,1H3. The topological polar surface area (TPSA) is 88.7 Å².